The highest BCUT2D eigenvalue weighted by Crippen LogP contribution is 2.21. The van der Waals surface area contributed by atoms with Gasteiger partial charge in [-0.2, -0.15) is 5.10 Å². The van der Waals surface area contributed by atoms with Crippen molar-refractivity contribution in [2.24, 2.45) is 12.8 Å². The lowest BCUT2D eigenvalue weighted by Crippen LogP contribution is -2.50. The highest BCUT2D eigenvalue weighted by molar-refractivity contribution is 7.89. The fourth-order valence-electron chi connectivity index (χ4n) is 1.78. The molecular formula is C11H22N4O2S. The van der Waals surface area contributed by atoms with E-state index >= 15 is 0 Å². The van der Waals surface area contributed by atoms with Gasteiger partial charge in [0.1, 0.15) is 4.90 Å². The van der Waals surface area contributed by atoms with Crippen molar-refractivity contribution in [3.63, 3.8) is 0 Å². The van der Waals surface area contributed by atoms with E-state index in [9.17, 15) is 8.42 Å². The Bertz CT molecular complexity index is 529. The number of aryl methyl sites for hydroxylation is 2. The van der Waals surface area contributed by atoms with Crippen molar-refractivity contribution in [3.8, 4) is 0 Å². The summed E-state index contributed by atoms with van der Waals surface area (Å²) in [7, 11) is -1.87. The van der Waals surface area contributed by atoms with Crippen LogP contribution < -0.4 is 10.5 Å². The van der Waals surface area contributed by atoms with Crippen molar-refractivity contribution in [3.05, 3.63) is 11.4 Å². The molecule has 1 aromatic heterocycles. The SMILES string of the molecule is CCC(C)(CN)NS(=O)(=O)c1c(C)nn(C)c1C. The molecule has 1 aromatic rings. The lowest BCUT2D eigenvalue weighted by molar-refractivity contribution is 0.411. The van der Waals surface area contributed by atoms with Gasteiger partial charge in [-0.3, -0.25) is 4.68 Å². The number of aromatic nitrogens is 2. The van der Waals surface area contributed by atoms with Crippen molar-refractivity contribution < 1.29 is 8.42 Å². The summed E-state index contributed by atoms with van der Waals surface area (Å²) in [5.41, 5.74) is 6.12. The summed E-state index contributed by atoms with van der Waals surface area (Å²) >= 11 is 0. The van der Waals surface area contributed by atoms with E-state index in [0.717, 1.165) is 0 Å². The van der Waals surface area contributed by atoms with Crippen molar-refractivity contribution >= 4 is 10.0 Å². The molecule has 7 heteroatoms. The molecule has 0 aliphatic rings. The Morgan fingerprint density at radius 2 is 2.00 bits per heavy atom. The van der Waals surface area contributed by atoms with E-state index in [1.54, 1.807) is 32.5 Å². The molecule has 6 nitrogen and oxygen atoms in total. The van der Waals surface area contributed by atoms with Crippen LogP contribution in [0.25, 0.3) is 0 Å². The molecule has 18 heavy (non-hydrogen) atoms. The van der Waals surface area contributed by atoms with E-state index in [4.69, 9.17) is 5.73 Å². The molecule has 0 spiro atoms. The zero-order valence-corrected chi connectivity index (χ0v) is 12.4. The van der Waals surface area contributed by atoms with Gasteiger partial charge < -0.3 is 5.73 Å². The summed E-state index contributed by atoms with van der Waals surface area (Å²) in [6.07, 6.45) is 0.626. The molecule has 0 bridgehead atoms. The van der Waals surface area contributed by atoms with Gasteiger partial charge in [-0.25, -0.2) is 13.1 Å². The first kappa shape index (κ1) is 15.1. The Kier molecular flexibility index (Phi) is 4.19. The Balaban J connectivity index is 3.23. The molecule has 0 aliphatic heterocycles. The van der Waals surface area contributed by atoms with Gasteiger partial charge in [-0.05, 0) is 27.2 Å². The first-order chi connectivity index (χ1) is 8.17. The average Bonchev–Trinajstić information content (AvgIpc) is 2.52. The largest absolute Gasteiger partial charge is 0.329 e. The normalized spacial score (nSPS) is 15.7. The number of rotatable bonds is 5. The molecule has 0 saturated carbocycles. The maximum absolute atomic E-state index is 12.4. The minimum Gasteiger partial charge on any atom is -0.329 e. The highest BCUT2D eigenvalue weighted by Gasteiger charge is 2.31. The first-order valence-electron chi connectivity index (χ1n) is 5.91. The molecule has 1 unspecified atom stereocenters. The molecule has 0 aromatic carbocycles. The second-order valence-electron chi connectivity index (χ2n) is 4.85. The van der Waals surface area contributed by atoms with Crippen LogP contribution in [0.1, 0.15) is 31.7 Å². The van der Waals surface area contributed by atoms with Gasteiger partial charge >= 0.3 is 0 Å². The fraction of sp³-hybridized carbons (Fsp3) is 0.727. The van der Waals surface area contributed by atoms with Crippen molar-refractivity contribution in [2.45, 2.75) is 44.6 Å². The van der Waals surface area contributed by atoms with Gasteiger partial charge in [0.2, 0.25) is 10.0 Å². The Morgan fingerprint density at radius 3 is 2.33 bits per heavy atom. The van der Waals surface area contributed by atoms with E-state index in [1.165, 1.54) is 0 Å². The number of nitrogens with zero attached hydrogens (tertiary/aromatic N) is 2. The molecule has 0 aliphatic carbocycles. The fourth-order valence-corrected chi connectivity index (χ4v) is 3.71. The average molecular weight is 274 g/mol. The Hall–Kier alpha value is -0.920. The van der Waals surface area contributed by atoms with Crippen LogP contribution in [0.15, 0.2) is 4.90 Å². The van der Waals surface area contributed by atoms with Crippen molar-refractivity contribution in [2.75, 3.05) is 6.54 Å². The van der Waals surface area contributed by atoms with E-state index < -0.39 is 15.6 Å². The smallest absolute Gasteiger partial charge is 0.244 e. The highest BCUT2D eigenvalue weighted by atomic mass is 32.2. The van der Waals surface area contributed by atoms with Crippen LogP contribution in [-0.4, -0.2) is 30.3 Å². The van der Waals surface area contributed by atoms with Gasteiger partial charge in [-0.15, -0.1) is 0 Å². The molecule has 1 heterocycles. The van der Waals surface area contributed by atoms with Crippen LogP contribution >= 0.6 is 0 Å². The van der Waals surface area contributed by atoms with E-state index in [0.29, 0.717) is 17.8 Å². The van der Waals surface area contributed by atoms with E-state index in [-0.39, 0.29) is 11.4 Å². The molecule has 0 amide bonds. The van der Waals surface area contributed by atoms with Crippen LogP contribution in [0.2, 0.25) is 0 Å². The molecule has 3 N–H and O–H groups in total. The Morgan fingerprint density at radius 1 is 1.44 bits per heavy atom. The lowest BCUT2D eigenvalue weighted by Gasteiger charge is -2.27. The summed E-state index contributed by atoms with van der Waals surface area (Å²) < 4.78 is 29.0. The zero-order valence-electron chi connectivity index (χ0n) is 11.6. The van der Waals surface area contributed by atoms with Gasteiger partial charge in [-0.1, -0.05) is 6.92 Å². The second-order valence-corrected chi connectivity index (χ2v) is 6.47. The van der Waals surface area contributed by atoms with Crippen LogP contribution in [0.3, 0.4) is 0 Å². The van der Waals surface area contributed by atoms with Crippen molar-refractivity contribution in [1.29, 1.82) is 0 Å². The number of nitrogens with one attached hydrogen (secondary N) is 1. The van der Waals surface area contributed by atoms with Crippen molar-refractivity contribution in [1.82, 2.24) is 14.5 Å². The minimum atomic E-state index is -3.60. The lowest BCUT2D eigenvalue weighted by atomic mass is 10.0. The predicted molar refractivity (Wildman–Crippen MR) is 70.8 cm³/mol. The first-order valence-corrected chi connectivity index (χ1v) is 7.39. The van der Waals surface area contributed by atoms with Gasteiger partial charge in [0.25, 0.3) is 0 Å². The standard InChI is InChI=1S/C11H22N4O2S/c1-6-11(4,7-12)14-18(16,17)10-8(2)13-15(5)9(10)3/h14H,6-7,12H2,1-5H3. The maximum atomic E-state index is 12.4. The van der Waals surface area contributed by atoms with E-state index in [2.05, 4.69) is 9.82 Å². The summed E-state index contributed by atoms with van der Waals surface area (Å²) in [6.45, 7) is 7.37. The molecular weight excluding hydrogens is 252 g/mol. The van der Waals surface area contributed by atoms with Gasteiger partial charge in [0, 0.05) is 19.1 Å². The third-order valence-electron chi connectivity index (χ3n) is 3.32. The van der Waals surface area contributed by atoms with E-state index in [1.807, 2.05) is 6.92 Å². The quantitative estimate of drug-likeness (QED) is 0.815. The summed E-state index contributed by atoms with van der Waals surface area (Å²) in [6, 6.07) is 0. The molecule has 1 atom stereocenters. The minimum absolute atomic E-state index is 0.248. The number of sulfonamides is 1. The monoisotopic (exact) mass is 274 g/mol. The van der Waals surface area contributed by atoms with Gasteiger partial charge in [0.15, 0.2) is 0 Å². The van der Waals surface area contributed by atoms with Crippen LogP contribution in [-0.2, 0) is 17.1 Å². The zero-order chi connectivity index (χ0) is 14.1. The summed E-state index contributed by atoms with van der Waals surface area (Å²) in [5, 5.41) is 4.12. The summed E-state index contributed by atoms with van der Waals surface area (Å²) in [4.78, 5) is 0.248. The topological polar surface area (TPSA) is 90.0 Å². The van der Waals surface area contributed by atoms with Gasteiger partial charge in [0.05, 0.1) is 11.4 Å². The number of hydrogen-bond acceptors (Lipinski definition) is 4. The summed E-state index contributed by atoms with van der Waals surface area (Å²) in [5.74, 6) is 0. The molecule has 1 rings (SSSR count). The molecule has 104 valence electrons. The third-order valence-corrected chi connectivity index (χ3v) is 5.21. The van der Waals surface area contributed by atoms with Crippen LogP contribution in [0.4, 0.5) is 0 Å². The maximum Gasteiger partial charge on any atom is 0.244 e. The molecule has 0 saturated heterocycles. The van der Waals surface area contributed by atoms with Crippen LogP contribution in [0, 0.1) is 13.8 Å². The number of nitrogens with two attached hydrogens (primary N) is 1. The molecule has 0 radical (unpaired) electrons. The molecule has 0 fully saturated rings. The predicted octanol–water partition coefficient (Wildman–Crippen LogP) is 0.443. The Labute approximate surface area is 109 Å². The second kappa shape index (κ2) is 4.99. The third kappa shape index (κ3) is 2.73. The van der Waals surface area contributed by atoms with Crippen LogP contribution in [0.5, 0.6) is 0 Å². The number of hydrogen-bond donors (Lipinski definition) is 2.